The van der Waals surface area contributed by atoms with Crippen molar-refractivity contribution in [3.8, 4) is 0 Å². The zero-order chi connectivity index (χ0) is 19.8. The van der Waals surface area contributed by atoms with E-state index in [4.69, 9.17) is 4.74 Å². The second kappa shape index (κ2) is 10.2. The molecule has 0 amide bonds. The third kappa shape index (κ3) is 5.57. The largest absolute Gasteiger partial charge is 0.380 e. The highest BCUT2D eigenvalue weighted by Gasteiger charge is 2.29. The van der Waals surface area contributed by atoms with Gasteiger partial charge < -0.3 is 15.4 Å². The highest BCUT2D eigenvalue weighted by atomic mass is 16.5. The molecule has 1 saturated heterocycles. The molecule has 0 spiro atoms. The molecule has 1 aliphatic heterocycles. The Morgan fingerprint density at radius 3 is 2.54 bits per heavy atom. The third-order valence-electron chi connectivity index (χ3n) is 5.36. The lowest BCUT2D eigenvalue weighted by atomic mass is 10.1. The van der Waals surface area contributed by atoms with E-state index in [9.17, 15) is 0 Å². The fourth-order valence-electron chi connectivity index (χ4n) is 3.83. The first-order valence-electron chi connectivity index (χ1n) is 10.0. The van der Waals surface area contributed by atoms with Crippen molar-refractivity contribution in [1.29, 1.82) is 0 Å². The predicted molar refractivity (Wildman–Crippen MR) is 115 cm³/mol. The quantitative estimate of drug-likeness (QED) is 0.572. The fraction of sp³-hybridized carbons (Fsp3) is 0.435. The van der Waals surface area contributed by atoms with Gasteiger partial charge in [0.15, 0.2) is 5.96 Å². The molecule has 2 unspecified atom stereocenters. The van der Waals surface area contributed by atoms with Crippen LogP contribution in [0.3, 0.4) is 0 Å². The molecule has 2 N–H and O–H groups in total. The van der Waals surface area contributed by atoms with Gasteiger partial charge in [-0.15, -0.1) is 0 Å². The molecule has 5 heteroatoms. The minimum Gasteiger partial charge on any atom is -0.380 e. The maximum absolute atomic E-state index is 5.30. The lowest BCUT2D eigenvalue weighted by Gasteiger charge is -2.21. The van der Waals surface area contributed by atoms with Crippen molar-refractivity contribution >= 4 is 5.96 Å². The van der Waals surface area contributed by atoms with Crippen molar-refractivity contribution in [3.05, 3.63) is 71.3 Å². The molecular weight excluding hydrogens is 348 g/mol. The minimum atomic E-state index is 0.402. The van der Waals surface area contributed by atoms with Crippen LogP contribution in [0.5, 0.6) is 0 Å². The lowest BCUT2D eigenvalue weighted by Crippen LogP contribution is -2.44. The van der Waals surface area contributed by atoms with Crippen molar-refractivity contribution in [2.75, 3.05) is 20.7 Å². The Bertz CT molecular complexity index is 762. The highest BCUT2D eigenvalue weighted by Crippen LogP contribution is 2.20. The van der Waals surface area contributed by atoms with E-state index in [0.717, 1.165) is 32.0 Å². The first-order valence-corrected chi connectivity index (χ1v) is 10.0. The topological polar surface area (TPSA) is 48.9 Å². The Kier molecular flexibility index (Phi) is 7.46. The van der Waals surface area contributed by atoms with Gasteiger partial charge in [-0.05, 0) is 30.0 Å². The summed E-state index contributed by atoms with van der Waals surface area (Å²) < 4.78 is 5.30. The van der Waals surface area contributed by atoms with Crippen LogP contribution in [-0.4, -0.2) is 43.6 Å². The smallest absolute Gasteiger partial charge is 0.191 e. The summed E-state index contributed by atoms with van der Waals surface area (Å²) in [5, 5.41) is 7.06. The molecule has 0 radical (unpaired) electrons. The van der Waals surface area contributed by atoms with Crippen LogP contribution in [0.4, 0.5) is 0 Å². The van der Waals surface area contributed by atoms with Crippen LogP contribution in [0.1, 0.15) is 30.0 Å². The second-order valence-corrected chi connectivity index (χ2v) is 7.47. The van der Waals surface area contributed by atoms with Gasteiger partial charge in [-0.3, -0.25) is 9.89 Å². The van der Waals surface area contributed by atoms with E-state index in [0.29, 0.717) is 18.7 Å². The second-order valence-electron chi connectivity index (χ2n) is 7.47. The van der Waals surface area contributed by atoms with Gasteiger partial charge in [0.1, 0.15) is 0 Å². The van der Waals surface area contributed by atoms with Crippen molar-refractivity contribution in [3.63, 3.8) is 0 Å². The lowest BCUT2D eigenvalue weighted by molar-refractivity contribution is 0.184. The molecule has 1 fully saturated rings. The van der Waals surface area contributed by atoms with Crippen LogP contribution < -0.4 is 10.6 Å². The molecule has 0 aromatic heterocycles. The molecule has 0 bridgehead atoms. The number of benzene rings is 2. The van der Waals surface area contributed by atoms with Crippen LogP contribution in [0.25, 0.3) is 0 Å². The predicted octanol–water partition coefficient (Wildman–Crippen LogP) is 3.16. The van der Waals surface area contributed by atoms with E-state index in [2.05, 4.69) is 76.0 Å². The number of guanidine groups is 1. The molecule has 3 rings (SSSR count). The Labute approximate surface area is 168 Å². The van der Waals surface area contributed by atoms with Crippen molar-refractivity contribution in [1.82, 2.24) is 15.5 Å². The summed E-state index contributed by atoms with van der Waals surface area (Å²) in [5.41, 5.74) is 3.81. The molecule has 5 nitrogen and oxygen atoms in total. The van der Waals surface area contributed by atoms with Gasteiger partial charge in [0.25, 0.3) is 0 Å². The highest BCUT2D eigenvalue weighted by molar-refractivity contribution is 5.80. The molecule has 150 valence electrons. The van der Waals surface area contributed by atoms with Crippen molar-refractivity contribution < 1.29 is 4.74 Å². The summed E-state index contributed by atoms with van der Waals surface area (Å²) in [6.07, 6.45) is 1.12. The number of aliphatic imine (C=N–C) groups is 1. The van der Waals surface area contributed by atoms with E-state index in [1.807, 2.05) is 13.1 Å². The van der Waals surface area contributed by atoms with Gasteiger partial charge in [0.05, 0.1) is 6.61 Å². The first kappa shape index (κ1) is 20.4. The van der Waals surface area contributed by atoms with Gasteiger partial charge in [0.2, 0.25) is 0 Å². The molecular formula is C23H32N4O. The number of rotatable bonds is 7. The molecule has 0 saturated carbocycles. The zero-order valence-electron chi connectivity index (χ0n) is 17.2. The average molecular weight is 381 g/mol. The van der Waals surface area contributed by atoms with Crippen LogP contribution in [0, 0.1) is 0 Å². The van der Waals surface area contributed by atoms with Gasteiger partial charge in [-0.1, -0.05) is 54.6 Å². The van der Waals surface area contributed by atoms with Crippen LogP contribution >= 0.6 is 0 Å². The third-order valence-corrected chi connectivity index (χ3v) is 5.36. The summed E-state index contributed by atoms with van der Waals surface area (Å²) in [4.78, 5) is 6.96. The maximum Gasteiger partial charge on any atom is 0.191 e. The monoisotopic (exact) mass is 380 g/mol. The summed E-state index contributed by atoms with van der Waals surface area (Å²) in [6.45, 7) is 5.68. The zero-order valence-corrected chi connectivity index (χ0v) is 17.2. The molecule has 2 aromatic carbocycles. The summed E-state index contributed by atoms with van der Waals surface area (Å²) in [7, 11) is 3.56. The molecule has 1 aliphatic rings. The number of methoxy groups -OCH3 is 1. The standard InChI is InChI=1S/C23H32N4O/c1-18-13-22(16-27(18)15-19-9-5-4-6-10-19)26-23(24-2)25-14-20-11-7-8-12-21(20)17-28-3/h4-12,18,22H,13-17H2,1-3H3,(H2,24,25,26). The van der Waals surface area contributed by atoms with Gasteiger partial charge in [-0.25, -0.2) is 0 Å². The van der Waals surface area contributed by atoms with Crippen LogP contribution in [0.15, 0.2) is 59.6 Å². The van der Waals surface area contributed by atoms with E-state index in [-0.39, 0.29) is 0 Å². The van der Waals surface area contributed by atoms with E-state index in [1.54, 1.807) is 7.11 Å². The van der Waals surface area contributed by atoms with E-state index in [1.165, 1.54) is 16.7 Å². The van der Waals surface area contributed by atoms with E-state index < -0.39 is 0 Å². The average Bonchev–Trinajstić information content (AvgIpc) is 3.06. The first-order chi connectivity index (χ1) is 13.7. The molecule has 28 heavy (non-hydrogen) atoms. The molecule has 0 aliphatic carbocycles. The Morgan fingerprint density at radius 2 is 1.82 bits per heavy atom. The summed E-state index contributed by atoms with van der Waals surface area (Å²) in [5.74, 6) is 0.853. The number of nitrogens with zero attached hydrogens (tertiary/aromatic N) is 2. The number of nitrogens with one attached hydrogen (secondary N) is 2. The maximum atomic E-state index is 5.30. The van der Waals surface area contributed by atoms with E-state index >= 15 is 0 Å². The molecule has 2 atom stereocenters. The van der Waals surface area contributed by atoms with Gasteiger partial charge in [-0.2, -0.15) is 0 Å². The number of hydrogen-bond donors (Lipinski definition) is 2. The van der Waals surface area contributed by atoms with Crippen LogP contribution in [0.2, 0.25) is 0 Å². The number of likely N-dealkylation sites (tertiary alicyclic amines) is 1. The normalized spacial score (nSPS) is 20.3. The SMILES string of the molecule is CN=C(NCc1ccccc1COC)NC1CC(C)N(Cc2ccccc2)C1. The summed E-state index contributed by atoms with van der Waals surface area (Å²) >= 11 is 0. The Morgan fingerprint density at radius 1 is 1.11 bits per heavy atom. The summed E-state index contributed by atoms with van der Waals surface area (Å²) in [6, 6.07) is 20.0. The van der Waals surface area contributed by atoms with Crippen molar-refractivity contribution in [2.45, 2.75) is 45.1 Å². The Hall–Kier alpha value is -2.37. The van der Waals surface area contributed by atoms with Gasteiger partial charge >= 0.3 is 0 Å². The minimum absolute atomic E-state index is 0.402. The van der Waals surface area contributed by atoms with Crippen molar-refractivity contribution in [2.24, 2.45) is 4.99 Å². The fourth-order valence-corrected chi connectivity index (χ4v) is 3.83. The van der Waals surface area contributed by atoms with Crippen LogP contribution in [-0.2, 0) is 24.4 Å². The molecule has 2 aromatic rings. The molecule has 1 heterocycles. The number of hydrogen-bond acceptors (Lipinski definition) is 3. The number of ether oxygens (including phenoxy) is 1. The van der Waals surface area contributed by atoms with Gasteiger partial charge in [0, 0.05) is 45.9 Å². The Balaban J connectivity index is 1.52.